The first kappa shape index (κ1) is 15.5. The number of nitrogens with zero attached hydrogens (tertiary/aromatic N) is 3. The van der Waals surface area contributed by atoms with E-state index >= 15 is 0 Å². The average Bonchev–Trinajstić information content (AvgIpc) is 2.97. The monoisotopic (exact) mass is 315 g/mol. The number of benzene rings is 1. The summed E-state index contributed by atoms with van der Waals surface area (Å²) < 4.78 is 12.7. The number of rotatable bonds is 4. The predicted octanol–water partition coefficient (Wildman–Crippen LogP) is 2.21. The van der Waals surface area contributed by atoms with Crippen molar-refractivity contribution in [1.82, 2.24) is 14.8 Å². The summed E-state index contributed by atoms with van der Waals surface area (Å²) in [4.78, 5) is 11.8. The number of hydrogen-bond donors (Lipinski definition) is 0. The van der Waals surface area contributed by atoms with Gasteiger partial charge in [-0.05, 0) is 37.5 Å². The molecule has 0 aliphatic carbocycles. The van der Waals surface area contributed by atoms with E-state index < -0.39 is 0 Å². The number of carbonyl (C=O) groups is 1. The summed E-state index contributed by atoms with van der Waals surface area (Å²) in [7, 11) is 1.43. The van der Waals surface area contributed by atoms with Crippen molar-refractivity contribution in [2.24, 2.45) is 5.92 Å². The first-order chi connectivity index (χ1) is 11.1. The van der Waals surface area contributed by atoms with Crippen LogP contribution in [0.3, 0.4) is 0 Å². The molecule has 1 aliphatic rings. The predicted molar refractivity (Wildman–Crippen MR) is 84.1 cm³/mol. The molecule has 122 valence electrons. The molecule has 0 saturated carbocycles. The van der Waals surface area contributed by atoms with Crippen LogP contribution in [0.1, 0.15) is 29.2 Å². The van der Waals surface area contributed by atoms with Gasteiger partial charge in [0.25, 0.3) is 0 Å². The number of aromatic nitrogens is 3. The SMILES string of the molecule is COC(=O)C1CCc2nnc(COc3cc(C)ccc3C)n2C1. The number of hydrogen-bond acceptors (Lipinski definition) is 5. The molecule has 1 aromatic heterocycles. The molecule has 0 bridgehead atoms. The molecule has 2 heterocycles. The Bertz CT molecular complexity index is 724. The maximum absolute atomic E-state index is 11.8. The van der Waals surface area contributed by atoms with Gasteiger partial charge in [-0.15, -0.1) is 10.2 Å². The van der Waals surface area contributed by atoms with E-state index in [0.717, 1.165) is 41.4 Å². The second-order valence-electron chi connectivity index (χ2n) is 5.96. The Labute approximate surface area is 135 Å². The number of carbonyl (C=O) groups excluding carboxylic acids is 1. The number of esters is 1. The molecule has 0 amide bonds. The smallest absolute Gasteiger partial charge is 0.310 e. The highest BCUT2D eigenvalue weighted by molar-refractivity contribution is 5.72. The van der Waals surface area contributed by atoms with E-state index in [1.807, 2.05) is 30.5 Å². The molecular formula is C17H21N3O3. The highest BCUT2D eigenvalue weighted by atomic mass is 16.5. The van der Waals surface area contributed by atoms with E-state index in [4.69, 9.17) is 9.47 Å². The zero-order chi connectivity index (χ0) is 16.4. The zero-order valence-electron chi connectivity index (χ0n) is 13.7. The van der Waals surface area contributed by atoms with Gasteiger partial charge in [-0.25, -0.2) is 0 Å². The maximum atomic E-state index is 11.8. The van der Waals surface area contributed by atoms with Crippen LogP contribution in [0.5, 0.6) is 5.75 Å². The van der Waals surface area contributed by atoms with Crippen molar-refractivity contribution >= 4 is 5.97 Å². The van der Waals surface area contributed by atoms with Gasteiger partial charge in [-0.3, -0.25) is 4.79 Å². The highest BCUT2D eigenvalue weighted by Gasteiger charge is 2.28. The van der Waals surface area contributed by atoms with Crippen LogP contribution in [0.25, 0.3) is 0 Å². The van der Waals surface area contributed by atoms with Crippen molar-refractivity contribution < 1.29 is 14.3 Å². The minimum absolute atomic E-state index is 0.136. The molecule has 0 saturated heterocycles. The van der Waals surface area contributed by atoms with Crippen molar-refractivity contribution in [3.05, 3.63) is 41.0 Å². The average molecular weight is 315 g/mol. The van der Waals surface area contributed by atoms with E-state index in [1.165, 1.54) is 7.11 Å². The van der Waals surface area contributed by atoms with Crippen molar-refractivity contribution in [2.75, 3.05) is 7.11 Å². The fraction of sp³-hybridized carbons (Fsp3) is 0.471. The third-order valence-electron chi connectivity index (χ3n) is 4.26. The van der Waals surface area contributed by atoms with Gasteiger partial charge >= 0.3 is 5.97 Å². The lowest BCUT2D eigenvalue weighted by atomic mass is 9.99. The van der Waals surface area contributed by atoms with E-state index in [0.29, 0.717) is 13.2 Å². The summed E-state index contributed by atoms with van der Waals surface area (Å²) in [5.74, 6) is 2.19. The Balaban J connectivity index is 1.74. The van der Waals surface area contributed by atoms with Crippen LogP contribution < -0.4 is 4.74 Å². The highest BCUT2D eigenvalue weighted by Crippen LogP contribution is 2.23. The topological polar surface area (TPSA) is 66.2 Å². The van der Waals surface area contributed by atoms with E-state index in [9.17, 15) is 4.79 Å². The molecule has 0 N–H and O–H groups in total. The molecule has 0 radical (unpaired) electrons. The molecule has 0 spiro atoms. The summed E-state index contributed by atoms with van der Waals surface area (Å²) in [5, 5.41) is 8.43. The van der Waals surface area contributed by atoms with Gasteiger partial charge in [0.2, 0.25) is 0 Å². The Morgan fingerprint density at radius 1 is 1.35 bits per heavy atom. The van der Waals surface area contributed by atoms with Crippen molar-refractivity contribution in [2.45, 2.75) is 39.8 Å². The Morgan fingerprint density at radius 2 is 2.17 bits per heavy atom. The minimum atomic E-state index is -0.175. The quantitative estimate of drug-likeness (QED) is 0.809. The normalized spacial score (nSPS) is 16.7. The fourth-order valence-corrected chi connectivity index (χ4v) is 2.85. The Morgan fingerprint density at radius 3 is 2.96 bits per heavy atom. The van der Waals surface area contributed by atoms with Crippen LogP contribution in [0, 0.1) is 19.8 Å². The molecule has 1 aromatic carbocycles. The Hall–Kier alpha value is -2.37. The Kier molecular flexibility index (Phi) is 4.32. The molecule has 0 fully saturated rings. The molecule has 3 rings (SSSR count). The lowest BCUT2D eigenvalue weighted by Gasteiger charge is -2.22. The summed E-state index contributed by atoms with van der Waals surface area (Å²) in [6.07, 6.45) is 1.49. The largest absolute Gasteiger partial charge is 0.485 e. The second-order valence-corrected chi connectivity index (χ2v) is 5.96. The maximum Gasteiger partial charge on any atom is 0.310 e. The standard InChI is InChI=1S/C17H21N3O3/c1-11-4-5-12(2)14(8-11)23-10-16-19-18-15-7-6-13(9-20(15)16)17(21)22-3/h4-5,8,13H,6-7,9-10H2,1-3H3. The fourth-order valence-electron chi connectivity index (χ4n) is 2.85. The molecule has 2 aromatic rings. The van der Waals surface area contributed by atoms with Gasteiger partial charge in [0.05, 0.1) is 13.0 Å². The number of fused-ring (bicyclic) bond motifs is 1. The minimum Gasteiger partial charge on any atom is -0.485 e. The van der Waals surface area contributed by atoms with Gasteiger partial charge < -0.3 is 14.0 Å². The van der Waals surface area contributed by atoms with Crippen LogP contribution in [0.4, 0.5) is 0 Å². The third kappa shape index (κ3) is 3.21. The van der Waals surface area contributed by atoms with Crippen molar-refractivity contribution in [3.63, 3.8) is 0 Å². The molecule has 6 nitrogen and oxygen atoms in total. The first-order valence-electron chi connectivity index (χ1n) is 7.77. The van der Waals surface area contributed by atoms with Gasteiger partial charge in [0.1, 0.15) is 18.2 Å². The molecular weight excluding hydrogens is 294 g/mol. The number of ether oxygens (including phenoxy) is 2. The van der Waals surface area contributed by atoms with Gasteiger partial charge in [0, 0.05) is 13.0 Å². The molecule has 1 aliphatic heterocycles. The lowest BCUT2D eigenvalue weighted by molar-refractivity contribution is -0.146. The third-order valence-corrected chi connectivity index (χ3v) is 4.26. The summed E-state index contributed by atoms with van der Waals surface area (Å²) >= 11 is 0. The van der Waals surface area contributed by atoms with Crippen molar-refractivity contribution in [1.29, 1.82) is 0 Å². The van der Waals surface area contributed by atoms with Gasteiger partial charge in [-0.2, -0.15) is 0 Å². The van der Waals surface area contributed by atoms with Crippen molar-refractivity contribution in [3.8, 4) is 5.75 Å². The number of methoxy groups -OCH3 is 1. The molecule has 23 heavy (non-hydrogen) atoms. The van der Waals surface area contributed by atoms with Crippen LogP contribution in [0.15, 0.2) is 18.2 Å². The van der Waals surface area contributed by atoms with Crippen LogP contribution in [-0.4, -0.2) is 27.8 Å². The first-order valence-corrected chi connectivity index (χ1v) is 7.77. The zero-order valence-corrected chi connectivity index (χ0v) is 13.7. The van der Waals surface area contributed by atoms with Crippen LogP contribution >= 0.6 is 0 Å². The summed E-state index contributed by atoms with van der Waals surface area (Å²) in [6.45, 7) is 4.94. The molecule has 1 unspecified atom stereocenters. The lowest BCUT2D eigenvalue weighted by Crippen LogP contribution is -2.29. The molecule has 6 heteroatoms. The molecule has 1 atom stereocenters. The van der Waals surface area contributed by atoms with E-state index in [1.54, 1.807) is 0 Å². The van der Waals surface area contributed by atoms with Gasteiger partial charge in [-0.1, -0.05) is 12.1 Å². The van der Waals surface area contributed by atoms with Gasteiger partial charge in [0.15, 0.2) is 5.82 Å². The van der Waals surface area contributed by atoms with E-state index in [2.05, 4.69) is 16.3 Å². The van der Waals surface area contributed by atoms with E-state index in [-0.39, 0.29) is 11.9 Å². The summed E-state index contributed by atoms with van der Waals surface area (Å²) in [5.41, 5.74) is 2.24. The second kappa shape index (κ2) is 6.40. The van der Waals surface area contributed by atoms with Crippen LogP contribution in [0.2, 0.25) is 0 Å². The number of aryl methyl sites for hydroxylation is 3. The van der Waals surface area contributed by atoms with Crippen LogP contribution in [-0.2, 0) is 29.1 Å². The summed E-state index contributed by atoms with van der Waals surface area (Å²) in [6, 6.07) is 6.11.